The van der Waals surface area contributed by atoms with Crippen LogP contribution in [0.25, 0.3) is 0 Å². The summed E-state index contributed by atoms with van der Waals surface area (Å²) in [5.41, 5.74) is 4.13. The van der Waals surface area contributed by atoms with Gasteiger partial charge in [0.2, 0.25) is 0 Å². The third-order valence-electron chi connectivity index (χ3n) is 2.36. The lowest BCUT2D eigenvalue weighted by atomic mass is 9.94. The highest BCUT2D eigenvalue weighted by molar-refractivity contribution is 5.28. The first-order valence-corrected chi connectivity index (χ1v) is 7.61. The van der Waals surface area contributed by atoms with Crippen LogP contribution in [0.15, 0.2) is 60.3 Å². The summed E-state index contributed by atoms with van der Waals surface area (Å²) in [6, 6.07) is 0. The van der Waals surface area contributed by atoms with Crippen LogP contribution in [0.3, 0.4) is 0 Å². The molecule has 0 aliphatic heterocycles. The second kappa shape index (κ2) is 17.7. The zero-order valence-corrected chi connectivity index (χ0v) is 15.1. The number of hydrogen-bond acceptors (Lipinski definition) is 0. The van der Waals surface area contributed by atoms with Gasteiger partial charge in [-0.2, -0.15) is 0 Å². The van der Waals surface area contributed by atoms with Crippen LogP contribution in [0.2, 0.25) is 0 Å². The average Bonchev–Trinajstić information content (AvgIpc) is 2.38. The maximum atomic E-state index is 3.94. The molecule has 0 nitrogen and oxygen atoms in total. The molecule has 0 aromatic heterocycles. The van der Waals surface area contributed by atoms with Crippen LogP contribution in [0.4, 0.5) is 0 Å². The lowest BCUT2D eigenvalue weighted by molar-refractivity contribution is 0.772. The average molecular weight is 277 g/mol. The van der Waals surface area contributed by atoms with E-state index in [9.17, 15) is 0 Å². The lowest BCUT2D eigenvalue weighted by Crippen LogP contribution is -1.95. The van der Waals surface area contributed by atoms with Crippen molar-refractivity contribution in [3.8, 4) is 0 Å². The Morgan fingerprint density at radius 2 is 1.55 bits per heavy atom. The first-order chi connectivity index (χ1) is 9.40. The molecule has 0 aromatic carbocycles. The minimum atomic E-state index is 0.607. The highest BCUT2D eigenvalue weighted by Gasteiger charge is 2.03. The van der Waals surface area contributed by atoms with E-state index in [1.54, 1.807) is 6.08 Å². The molecule has 0 N–H and O–H groups in total. The molecule has 20 heavy (non-hydrogen) atoms. The summed E-state index contributed by atoms with van der Waals surface area (Å²) >= 11 is 0. The minimum Gasteiger partial charge on any atom is -0.0998 e. The van der Waals surface area contributed by atoms with Gasteiger partial charge in [0.25, 0.3) is 0 Å². The number of hydrogen-bond donors (Lipinski definition) is 0. The van der Waals surface area contributed by atoms with Crippen molar-refractivity contribution in [3.05, 3.63) is 60.3 Å². The van der Waals surface area contributed by atoms with Crippen molar-refractivity contribution < 1.29 is 0 Å². The van der Waals surface area contributed by atoms with E-state index in [0.717, 1.165) is 6.42 Å². The van der Waals surface area contributed by atoms with Gasteiger partial charge in [0.15, 0.2) is 0 Å². The zero-order valence-electron chi connectivity index (χ0n) is 15.1. The van der Waals surface area contributed by atoms with E-state index in [-0.39, 0.29) is 0 Å². The van der Waals surface area contributed by atoms with Gasteiger partial charge in [-0.15, -0.1) is 0 Å². The maximum absolute atomic E-state index is 3.94. The van der Waals surface area contributed by atoms with Crippen molar-refractivity contribution in [3.63, 3.8) is 0 Å². The Labute approximate surface area is 128 Å². The molecule has 0 amide bonds. The highest BCUT2D eigenvalue weighted by atomic mass is 14.1. The Kier molecular flexibility index (Phi) is 21.0. The quantitative estimate of drug-likeness (QED) is 0.365. The molecular weight excluding hydrogens is 240 g/mol. The summed E-state index contributed by atoms with van der Waals surface area (Å²) in [4.78, 5) is 0. The fourth-order valence-corrected chi connectivity index (χ4v) is 1.70. The van der Waals surface area contributed by atoms with Gasteiger partial charge in [0, 0.05) is 0 Å². The van der Waals surface area contributed by atoms with Gasteiger partial charge in [-0.25, -0.2) is 0 Å². The molecule has 0 aliphatic rings. The van der Waals surface area contributed by atoms with Crippen molar-refractivity contribution in [2.75, 3.05) is 0 Å². The fraction of sp³-hybridized carbons (Fsp3) is 0.500. The second-order valence-electron chi connectivity index (χ2n) is 4.79. The van der Waals surface area contributed by atoms with E-state index in [4.69, 9.17) is 0 Å². The minimum absolute atomic E-state index is 0.607. The first kappa shape index (κ1) is 23.8. The molecule has 0 rings (SSSR count). The zero-order chi connectivity index (χ0) is 16.6. The smallest absolute Gasteiger partial charge is 0.0111 e. The Hall–Kier alpha value is -1.30. The molecule has 0 heterocycles. The summed E-state index contributed by atoms with van der Waals surface area (Å²) < 4.78 is 0. The van der Waals surface area contributed by atoms with E-state index in [0.29, 0.717) is 5.92 Å². The topological polar surface area (TPSA) is 0 Å². The predicted molar refractivity (Wildman–Crippen MR) is 98.1 cm³/mol. The summed E-state index contributed by atoms with van der Waals surface area (Å²) in [6.07, 6.45) is 10.9. The number of rotatable bonds is 5. The van der Waals surface area contributed by atoms with Crippen molar-refractivity contribution >= 4 is 0 Å². The van der Waals surface area contributed by atoms with Crippen molar-refractivity contribution in [2.45, 2.75) is 61.8 Å². The van der Waals surface area contributed by atoms with Crippen molar-refractivity contribution in [1.29, 1.82) is 0 Å². The van der Waals surface area contributed by atoms with Crippen LogP contribution < -0.4 is 0 Å². The van der Waals surface area contributed by atoms with E-state index in [1.165, 1.54) is 16.7 Å². The van der Waals surface area contributed by atoms with Gasteiger partial charge >= 0.3 is 0 Å². The molecule has 0 atom stereocenters. The molecule has 0 heteroatoms. The molecule has 0 spiro atoms. The van der Waals surface area contributed by atoms with Gasteiger partial charge in [-0.05, 0) is 45.6 Å². The third kappa shape index (κ3) is 16.7. The summed E-state index contributed by atoms with van der Waals surface area (Å²) in [7, 11) is 0. The monoisotopic (exact) mass is 276 g/mol. The molecule has 0 radical (unpaired) electrons. The Balaban J connectivity index is -0.000000346. The fourth-order valence-electron chi connectivity index (χ4n) is 1.70. The predicted octanol–water partition coefficient (Wildman–Crippen LogP) is 7.28. The molecule has 116 valence electrons. The van der Waals surface area contributed by atoms with Crippen molar-refractivity contribution in [2.24, 2.45) is 5.92 Å². The van der Waals surface area contributed by atoms with Crippen molar-refractivity contribution in [1.82, 2.24) is 0 Å². The summed E-state index contributed by atoms with van der Waals surface area (Å²) in [6.45, 7) is 24.2. The van der Waals surface area contributed by atoms with Crippen LogP contribution in [-0.2, 0) is 0 Å². The number of allylic oxidation sites excluding steroid dienone is 8. The molecular formula is C20H36. The molecule has 0 saturated heterocycles. The Morgan fingerprint density at radius 1 is 1.05 bits per heavy atom. The van der Waals surface area contributed by atoms with Crippen LogP contribution in [0.1, 0.15) is 61.8 Å². The highest BCUT2D eigenvalue weighted by Crippen LogP contribution is 2.20. The van der Waals surface area contributed by atoms with Crippen LogP contribution in [0.5, 0.6) is 0 Å². The maximum Gasteiger partial charge on any atom is -0.0111 e. The van der Waals surface area contributed by atoms with E-state index < -0.39 is 0 Å². The van der Waals surface area contributed by atoms with Gasteiger partial charge in [-0.3, -0.25) is 0 Å². The second-order valence-corrected chi connectivity index (χ2v) is 4.79. The third-order valence-corrected chi connectivity index (χ3v) is 2.36. The van der Waals surface area contributed by atoms with Gasteiger partial charge in [-0.1, -0.05) is 82.4 Å². The Bertz CT molecular complexity index is 322. The van der Waals surface area contributed by atoms with Crippen LogP contribution >= 0.6 is 0 Å². The molecule has 0 aliphatic carbocycles. The summed E-state index contributed by atoms with van der Waals surface area (Å²) in [5.74, 6) is 0.607. The largest absolute Gasteiger partial charge is 0.0998 e. The normalized spacial score (nSPS) is 11.4. The van der Waals surface area contributed by atoms with Crippen LogP contribution in [-0.4, -0.2) is 0 Å². The van der Waals surface area contributed by atoms with Gasteiger partial charge in [0.05, 0.1) is 0 Å². The van der Waals surface area contributed by atoms with Gasteiger partial charge < -0.3 is 0 Å². The lowest BCUT2D eigenvalue weighted by Gasteiger charge is -2.12. The molecule has 0 unspecified atom stereocenters. The van der Waals surface area contributed by atoms with E-state index in [2.05, 4.69) is 59.9 Å². The Morgan fingerprint density at radius 3 is 1.75 bits per heavy atom. The van der Waals surface area contributed by atoms with E-state index in [1.807, 2.05) is 32.9 Å². The molecule has 0 aromatic rings. The molecule has 0 bridgehead atoms. The van der Waals surface area contributed by atoms with Gasteiger partial charge in [0.1, 0.15) is 0 Å². The summed E-state index contributed by atoms with van der Waals surface area (Å²) in [5, 5.41) is 0. The molecule has 0 fully saturated rings. The molecule has 0 saturated carbocycles. The SMILES string of the molecule is C=C(C)C/C(C)=C(/C=C\C)C(C)C.C=C/C=C\C.CC. The standard InChI is InChI=1S/C13H22.C5H8.C2H6/c1-7-8-13(11(4)5)12(6)9-10(2)3;1-3-5-4-2;1-2/h7-8,11H,2,9H2,1,3-6H3;3-5H,1H2,2H3;1-2H3/b8-7-,13-12-;5-4-;. The van der Waals surface area contributed by atoms with Crippen LogP contribution in [0, 0.1) is 5.92 Å². The van der Waals surface area contributed by atoms with E-state index >= 15 is 0 Å². The first-order valence-electron chi connectivity index (χ1n) is 7.61.